The Bertz CT molecular complexity index is 1270. The number of aromatic nitrogens is 5. The number of nitrogens with zero attached hydrogens (tertiary/aromatic N) is 5. The number of amides is 1. The molecule has 4 rings (SSSR count). The highest BCUT2D eigenvalue weighted by molar-refractivity contribution is 5.87. The summed E-state index contributed by atoms with van der Waals surface area (Å²) in [7, 11) is 0. The zero-order valence-corrected chi connectivity index (χ0v) is 14.0. The number of aromatic amines is 2. The van der Waals surface area contributed by atoms with Crippen molar-refractivity contribution in [3.05, 3.63) is 40.7 Å². The minimum atomic E-state index is -0.487. The number of anilines is 2. The molecule has 0 aliphatic carbocycles. The van der Waals surface area contributed by atoms with Crippen LogP contribution in [0.5, 0.6) is 0 Å². The average Bonchev–Trinajstić information content (AvgIpc) is 3.03. The quantitative estimate of drug-likeness (QED) is 0.321. The first-order valence-electron chi connectivity index (χ1n) is 7.83. The molecule has 3 aromatic heterocycles. The van der Waals surface area contributed by atoms with Crippen LogP contribution in [0.4, 0.5) is 23.4 Å². The number of H-pyrrole nitrogens is 2. The van der Waals surface area contributed by atoms with Crippen LogP contribution < -0.4 is 16.6 Å². The van der Waals surface area contributed by atoms with E-state index in [0.29, 0.717) is 11.5 Å². The number of hydrogen-bond acceptors (Lipinski definition) is 8. The van der Waals surface area contributed by atoms with Crippen molar-refractivity contribution in [3.8, 4) is 0 Å². The fourth-order valence-electron chi connectivity index (χ4n) is 2.46. The van der Waals surface area contributed by atoms with Gasteiger partial charge < -0.3 is 10.7 Å². The molecule has 0 aliphatic heterocycles. The lowest BCUT2D eigenvalue weighted by molar-refractivity contribution is -0.114. The number of nitrogens with one attached hydrogen (secondary N) is 3. The molecule has 4 aromatic rings. The smallest absolute Gasteiger partial charge is 0.278 e. The number of rotatable bonds is 3. The van der Waals surface area contributed by atoms with E-state index in [9.17, 15) is 9.59 Å². The maximum Gasteiger partial charge on any atom is 0.278 e. The van der Waals surface area contributed by atoms with E-state index in [1.165, 1.54) is 6.92 Å². The molecule has 0 aliphatic rings. The van der Waals surface area contributed by atoms with Gasteiger partial charge >= 0.3 is 0 Å². The third-order valence-corrected chi connectivity index (χ3v) is 3.59. The van der Waals surface area contributed by atoms with Crippen molar-refractivity contribution in [3.63, 3.8) is 0 Å². The molecule has 0 radical (unpaired) electrons. The third kappa shape index (κ3) is 3.33. The second kappa shape index (κ2) is 6.29. The van der Waals surface area contributed by atoms with Crippen molar-refractivity contribution >= 4 is 51.4 Å². The monoisotopic (exact) mass is 363 g/mol. The summed E-state index contributed by atoms with van der Waals surface area (Å²) >= 11 is 0. The fraction of sp³-hybridized carbons (Fsp3) is 0.0625. The Hall–Kier alpha value is -4.15. The molecule has 0 atom stereocenters. The molecule has 0 bridgehead atoms. The van der Waals surface area contributed by atoms with E-state index in [1.54, 1.807) is 18.2 Å². The second-order valence-electron chi connectivity index (χ2n) is 5.68. The van der Waals surface area contributed by atoms with Gasteiger partial charge in [-0.1, -0.05) is 0 Å². The number of carbonyl (C=O) groups excluding carboxylic acids is 1. The minimum absolute atomic E-state index is 0.00505. The van der Waals surface area contributed by atoms with Crippen molar-refractivity contribution in [2.24, 2.45) is 10.2 Å². The number of carbonyl (C=O) groups is 1. The molecular weight excluding hydrogens is 350 g/mol. The molecule has 1 aromatic carbocycles. The molecule has 3 heterocycles. The number of hydrogen-bond donors (Lipinski definition) is 4. The normalized spacial score (nSPS) is 11.4. The van der Waals surface area contributed by atoms with E-state index in [4.69, 9.17) is 5.73 Å². The largest absolute Gasteiger partial charge is 0.399 e. The van der Waals surface area contributed by atoms with Gasteiger partial charge in [-0.3, -0.25) is 19.9 Å². The molecule has 5 N–H and O–H groups in total. The highest BCUT2D eigenvalue weighted by atomic mass is 16.1. The first kappa shape index (κ1) is 16.3. The van der Waals surface area contributed by atoms with E-state index in [-0.39, 0.29) is 29.0 Å². The first-order valence-corrected chi connectivity index (χ1v) is 7.83. The van der Waals surface area contributed by atoms with E-state index >= 15 is 0 Å². The number of nitrogens with two attached hydrogens (primary N) is 1. The van der Waals surface area contributed by atoms with Gasteiger partial charge in [-0.2, -0.15) is 9.97 Å². The third-order valence-electron chi connectivity index (χ3n) is 3.59. The summed E-state index contributed by atoms with van der Waals surface area (Å²) < 4.78 is 0. The van der Waals surface area contributed by atoms with Crippen LogP contribution in [-0.2, 0) is 4.79 Å². The summed E-state index contributed by atoms with van der Waals surface area (Å²) in [5.41, 5.74) is 6.87. The van der Waals surface area contributed by atoms with E-state index in [0.717, 1.165) is 10.9 Å². The topological polar surface area (TPSA) is 167 Å². The van der Waals surface area contributed by atoms with Crippen LogP contribution in [0.2, 0.25) is 0 Å². The van der Waals surface area contributed by atoms with Crippen molar-refractivity contribution in [1.82, 2.24) is 24.9 Å². The van der Waals surface area contributed by atoms with Crippen molar-refractivity contribution < 1.29 is 4.79 Å². The van der Waals surface area contributed by atoms with E-state index < -0.39 is 5.56 Å². The van der Waals surface area contributed by atoms with Gasteiger partial charge in [-0.15, -0.1) is 10.2 Å². The van der Waals surface area contributed by atoms with E-state index in [2.05, 4.69) is 40.5 Å². The van der Waals surface area contributed by atoms with Crippen molar-refractivity contribution in [2.75, 3.05) is 11.1 Å². The maximum atomic E-state index is 12.0. The molecule has 134 valence electrons. The van der Waals surface area contributed by atoms with Gasteiger partial charge in [0.15, 0.2) is 17.0 Å². The number of fused-ring (bicyclic) bond motifs is 2. The molecule has 11 heteroatoms. The van der Waals surface area contributed by atoms with Gasteiger partial charge in [0.25, 0.3) is 5.56 Å². The van der Waals surface area contributed by atoms with Crippen LogP contribution in [0.3, 0.4) is 0 Å². The number of imidazole rings is 1. The lowest BCUT2D eigenvalue weighted by atomic mass is 10.2. The zero-order chi connectivity index (χ0) is 19.0. The standard InChI is InChI=1S/C16H13N9O2/c1-7(26)18-15-21-13-12(14(27)23-15)20-16(22-13)25-24-11-5-2-8-6-9(17)3-4-10(8)19-11/h2-6H,17H2,1H3,(H3,18,20,21,22,23,26,27). The lowest BCUT2D eigenvalue weighted by Crippen LogP contribution is -2.15. The van der Waals surface area contributed by atoms with Crippen molar-refractivity contribution in [1.29, 1.82) is 0 Å². The Labute approximate surface area is 150 Å². The fourth-order valence-corrected chi connectivity index (χ4v) is 2.46. The summed E-state index contributed by atoms with van der Waals surface area (Å²) in [6.45, 7) is 1.30. The predicted molar refractivity (Wildman–Crippen MR) is 99.1 cm³/mol. The summed E-state index contributed by atoms with van der Waals surface area (Å²) in [4.78, 5) is 40.8. The SMILES string of the molecule is CC(=O)Nc1nc2nc(N=Nc3ccc4cc(N)ccc4n3)[nH]c2c(=O)[nH]1. The van der Waals surface area contributed by atoms with Gasteiger partial charge in [-0.05, 0) is 30.3 Å². The molecule has 11 nitrogen and oxygen atoms in total. The molecule has 0 spiro atoms. The summed E-state index contributed by atoms with van der Waals surface area (Å²) in [5.74, 6) is 0.0956. The Morgan fingerprint density at radius 3 is 2.78 bits per heavy atom. The zero-order valence-electron chi connectivity index (χ0n) is 14.0. The number of nitrogen functional groups attached to an aromatic ring is 1. The predicted octanol–water partition coefficient (Wildman–Crippen LogP) is 2.15. The molecule has 0 saturated heterocycles. The Kier molecular flexibility index (Phi) is 3.81. The van der Waals surface area contributed by atoms with E-state index in [1.807, 2.05) is 12.1 Å². The lowest BCUT2D eigenvalue weighted by Gasteiger charge is -1.99. The number of benzene rings is 1. The summed E-state index contributed by atoms with van der Waals surface area (Å²) in [5, 5.41) is 11.3. The van der Waals surface area contributed by atoms with Crippen molar-refractivity contribution in [2.45, 2.75) is 6.92 Å². The Morgan fingerprint density at radius 2 is 1.96 bits per heavy atom. The van der Waals surface area contributed by atoms with Gasteiger partial charge in [0.2, 0.25) is 17.8 Å². The molecule has 27 heavy (non-hydrogen) atoms. The molecule has 0 unspecified atom stereocenters. The van der Waals surface area contributed by atoms with Crippen LogP contribution >= 0.6 is 0 Å². The highest BCUT2D eigenvalue weighted by Crippen LogP contribution is 2.21. The van der Waals surface area contributed by atoms with Crippen LogP contribution in [0.25, 0.3) is 22.1 Å². The van der Waals surface area contributed by atoms with Gasteiger partial charge in [-0.25, -0.2) is 4.98 Å². The Balaban J connectivity index is 1.66. The van der Waals surface area contributed by atoms with Crippen LogP contribution in [0.15, 0.2) is 45.4 Å². The molecule has 1 amide bonds. The van der Waals surface area contributed by atoms with Gasteiger partial charge in [0, 0.05) is 18.0 Å². The Morgan fingerprint density at radius 1 is 1.11 bits per heavy atom. The molecule has 0 fully saturated rings. The van der Waals surface area contributed by atoms with Crippen LogP contribution in [0, 0.1) is 0 Å². The average molecular weight is 363 g/mol. The van der Waals surface area contributed by atoms with Gasteiger partial charge in [0.05, 0.1) is 5.52 Å². The summed E-state index contributed by atoms with van der Waals surface area (Å²) in [6, 6.07) is 8.87. The number of pyridine rings is 1. The maximum absolute atomic E-state index is 12.0. The highest BCUT2D eigenvalue weighted by Gasteiger charge is 2.10. The van der Waals surface area contributed by atoms with Crippen LogP contribution in [-0.4, -0.2) is 30.8 Å². The van der Waals surface area contributed by atoms with Crippen LogP contribution in [0.1, 0.15) is 6.92 Å². The van der Waals surface area contributed by atoms with Gasteiger partial charge in [0.1, 0.15) is 0 Å². The molecule has 0 saturated carbocycles. The molecular formula is C16H13N9O2. The minimum Gasteiger partial charge on any atom is -0.399 e. The second-order valence-corrected chi connectivity index (χ2v) is 5.68. The number of azo groups is 1. The summed E-state index contributed by atoms with van der Waals surface area (Å²) in [6.07, 6.45) is 0. The first-order chi connectivity index (χ1) is 13.0.